The summed E-state index contributed by atoms with van der Waals surface area (Å²) >= 11 is 0. The quantitative estimate of drug-likeness (QED) is 0.852. The van der Waals surface area contributed by atoms with Gasteiger partial charge in [0.05, 0.1) is 6.54 Å². The van der Waals surface area contributed by atoms with Crippen LogP contribution >= 0.6 is 0 Å². The van der Waals surface area contributed by atoms with Gasteiger partial charge in [-0.1, -0.05) is 6.92 Å². The summed E-state index contributed by atoms with van der Waals surface area (Å²) in [5.41, 5.74) is -0.723. The van der Waals surface area contributed by atoms with Crippen LogP contribution in [0, 0.1) is 0 Å². The summed E-state index contributed by atoms with van der Waals surface area (Å²) in [4.78, 5) is 21.8. The molecule has 1 fully saturated rings. The maximum Gasteiger partial charge on any atom is 0.324 e. The minimum Gasteiger partial charge on any atom is -0.480 e. The number of rotatable bonds is 4. The Hall–Kier alpha value is -1.49. The molecule has 0 radical (unpaired) electrons. The molecule has 17 heavy (non-hydrogen) atoms. The Morgan fingerprint density at radius 3 is 2.82 bits per heavy atom. The highest BCUT2D eigenvalue weighted by Gasteiger charge is 2.46. The normalized spacial score (nSPS) is 25.0. The maximum atomic E-state index is 11.5. The molecule has 5 heteroatoms. The second-order valence-corrected chi connectivity index (χ2v) is 4.38. The van der Waals surface area contributed by atoms with Crippen LogP contribution in [0.1, 0.15) is 32.0 Å². The van der Waals surface area contributed by atoms with Gasteiger partial charge in [-0.15, -0.1) is 0 Å². The van der Waals surface area contributed by atoms with E-state index in [2.05, 4.69) is 9.97 Å². The highest BCUT2D eigenvalue weighted by atomic mass is 16.4. The van der Waals surface area contributed by atoms with Gasteiger partial charge in [-0.2, -0.15) is 0 Å². The Bertz CT molecular complexity index is 396. The minimum atomic E-state index is -0.728. The van der Waals surface area contributed by atoms with Crippen LogP contribution in [0.25, 0.3) is 0 Å². The van der Waals surface area contributed by atoms with E-state index in [1.807, 2.05) is 11.8 Å². The van der Waals surface area contributed by atoms with Gasteiger partial charge in [-0.3, -0.25) is 9.69 Å². The average molecular weight is 235 g/mol. The smallest absolute Gasteiger partial charge is 0.324 e. The van der Waals surface area contributed by atoms with Crippen molar-refractivity contribution in [3.05, 3.63) is 24.3 Å². The van der Waals surface area contributed by atoms with E-state index in [-0.39, 0.29) is 0 Å². The topological polar surface area (TPSA) is 66.3 Å². The van der Waals surface area contributed by atoms with Crippen molar-refractivity contribution in [3.8, 4) is 0 Å². The van der Waals surface area contributed by atoms with Gasteiger partial charge >= 0.3 is 5.97 Å². The highest BCUT2D eigenvalue weighted by Crippen LogP contribution is 2.33. The summed E-state index contributed by atoms with van der Waals surface area (Å²) in [6.07, 6.45) is 5.63. The molecule has 2 heterocycles. The van der Waals surface area contributed by atoms with Crippen LogP contribution < -0.4 is 0 Å². The molecule has 1 unspecified atom stereocenters. The van der Waals surface area contributed by atoms with Crippen molar-refractivity contribution in [2.75, 3.05) is 6.54 Å². The molecular weight excluding hydrogens is 218 g/mol. The molecule has 1 N–H and O–H groups in total. The predicted octanol–water partition coefficient (Wildman–Crippen LogP) is 1.31. The molecular formula is C12H17N3O2. The molecule has 1 aromatic heterocycles. The molecule has 1 saturated heterocycles. The molecule has 2 rings (SSSR count). The van der Waals surface area contributed by atoms with E-state index < -0.39 is 11.5 Å². The van der Waals surface area contributed by atoms with Crippen LogP contribution in [0.2, 0.25) is 0 Å². The van der Waals surface area contributed by atoms with Crippen molar-refractivity contribution in [2.45, 2.75) is 38.3 Å². The van der Waals surface area contributed by atoms with E-state index in [4.69, 9.17) is 0 Å². The third-order valence-electron chi connectivity index (χ3n) is 3.56. The fourth-order valence-corrected chi connectivity index (χ4v) is 2.54. The van der Waals surface area contributed by atoms with E-state index in [1.165, 1.54) is 0 Å². The van der Waals surface area contributed by atoms with Crippen LogP contribution in [-0.2, 0) is 11.3 Å². The van der Waals surface area contributed by atoms with Crippen molar-refractivity contribution in [1.29, 1.82) is 0 Å². The summed E-state index contributed by atoms with van der Waals surface area (Å²) in [6, 6.07) is 1.76. The Morgan fingerprint density at radius 1 is 1.53 bits per heavy atom. The van der Waals surface area contributed by atoms with Crippen LogP contribution in [0.4, 0.5) is 0 Å². The molecule has 1 aromatic rings. The number of likely N-dealkylation sites (tertiary alicyclic amines) is 1. The zero-order valence-electron chi connectivity index (χ0n) is 9.96. The highest BCUT2D eigenvalue weighted by molar-refractivity contribution is 5.79. The van der Waals surface area contributed by atoms with Crippen LogP contribution in [0.3, 0.4) is 0 Å². The lowest BCUT2D eigenvalue weighted by molar-refractivity contribution is -0.150. The van der Waals surface area contributed by atoms with Gasteiger partial charge in [0.1, 0.15) is 11.4 Å². The summed E-state index contributed by atoms with van der Waals surface area (Å²) in [7, 11) is 0. The Labute approximate surface area is 100 Å². The summed E-state index contributed by atoms with van der Waals surface area (Å²) in [6.45, 7) is 3.25. The maximum absolute atomic E-state index is 11.5. The van der Waals surface area contributed by atoms with Gasteiger partial charge in [-0.05, 0) is 31.9 Å². The molecule has 1 aliphatic heterocycles. The minimum absolute atomic E-state index is 0.515. The van der Waals surface area contributed by atoms with Gasteiger partial charge in [0.2, 0.25) is 0 Å². The number of nitrogens with zero attached hydrogens (tertiary/aromatic N) is 3. The van der Waals surface area contributed by atoms with Crippen molar-refractivity contribution in [2.24, 2.45) is 0 Å². The van der Waals surface area contributed by atoms with E-state index in [0.717, 1.165) is 13.0 Å². The zero-order valence-corrected chi connectivity index (χ0v) is 9.96. The first-order valence-corrected chi connectivity index (χ1v) is 5.93. The average Bonchev–Trinajstić information content (AvgIpc) is 2.74. The Balaban J connectivity index is 2.17. The molecule has 1 atom stereocenters. The number of aromatic nitrogens is 2. The predicted molar refractivity (Wildman–Crippen MR) is 62.3 cm³/mol. The summed E-state index contributed by atoms with van der Waals surface area (Å²) in [5, 5.41) is 9.43. The lowest BCUT2D eigenvalue weighted by atomic mass is 9.93. The van der Waals surface area contributed by atoms with Crippen molar-refractivity contribution in [3.63, 3.8) is 0 Å². The first kappa shape index (κ1) is 12.0. The van der Waals surface area contributed by atoms with Crippen LogP contribution in [0.15, 0.2) is 18.5 Å². The van der Waals surface area contributed by atoms with E-state index in [1.54, 1.807) is 18.5 Å². The first-order valence-electron chi connectivity index (χ1n) is 5.93. The second-order valence-electron chi connectivity index (χ2n) is 4.38. The van der Waals surface area contributed by atoms with E-state index in [9.17, 15) is 9.90 Å². The van der Waals surface area contributed by atoms with E-state index >= 15 is 0 Å². The van der Waals surface area contributed by atoms with Crippen molar-refractivity contribution >= 4 is 5.97 Å². The van der Waals surface area contributed by atoms with Crippen molar-refractivity contribution in [1.82, 2.24) is 14.9 Å². The Morgan fingerprint density at radius 2 is 2.24 bits per heavy atom. The van der Waals surface area contributed by atoms with Crippen LogP contribution in [0.5, 0.6) is 0 Å². The number of aliphatic carboxylic acids is 1. The Kier molecular flexibility index (Phi) is 3.38. The third kappa shape index (κ3) is 2.15. The lowest BCUT2D eigenvalue weighted by Gasteiger charge is -2.33. The van der Waals surface area contributed by atoms with Gasteiger partial charge in [0, 0.05) is 12.4 Å². The second kappa shape index (κ2) is 4.79. The largest absolute Gasteiger partial charge is 0.480 e. The molecule has 1 aliphatic rings. The van der Waals surface area contributed by atoms with Crippen molar-refractivity contribution < 1.29 is 9.90 Å². The number of carbonyl (C=O) groups is 1. The lowest BCUT2D eigenvalue weighted by Crippen LogP contribution is -2.49. The molecule has 0 bridgehead atoms. The van der Waals surface area contributed by atoms with Gasteiger partial charge in [-0.25, -0.2) is 9.97 Å². The molecule has 0 aromatic carbocycles. The standard InChI is InChI=1S/C12H17N3O2/c1-2-12(11(16)17)5-3-8-15(12)9-10-13-6-4-7-14-10/h4,6-7H,2-3,5,8-9H2,1H3,(H,16,17). The van der Waals surface area contributed by atoms with Gasteiger partial charge in [0.15, 0.2) is 0 Å². The summed E-state index contributed by atoms with van der Waals surface area (Å²) < 4.78 is 0. The SMILES string of the molecule is CCC1(C(=O)O)CCCN1Cc1ncccn1. The van der Waals surface area contributed by atoms with Gasteiger partial charge in [0.25, 0.3) is 0 Å². The van der Waals surface area contributed by atoms with E-state index in [0.29, 0.717) is 25.2 Å². The number of hydrogen-bond donors (Lipinski definition) is 1. The van der Waals surface area contributed by atoms with Crippen LogP contribution in [-0.4, -0.2) is 38.0 Å². The third-order valence-corrected chi connectivity index (χ3v) is 3.56. The fourth-order valence-electron chi connectivity index (χ4n) is 2.54. The summed E-state index contributed by atoms with van der Waals surface area (Å²) in [5.74, 6) is -0.0399. The number of carboxylic acids is 1. The molecule has 0 aliphatic carbocycles. The fraction of sp³-hybridized carbons (Fsp3) is 0.583. The monoisotopic (exact) mass is 235 g/mol. The molecule has 5 nitrogen and oxygen atoms in total. The molecule has 0 spiro atoms. The number of carboxylic acid groups (broad SMARTS) is 1. The molecule has 0 amide bonds. The first-order chi connectivity index (χ1) is 8.19. The zero-order chi connectivity index (χ0) is 12.3. The molecule has 92 valence electrons. The number of hydrogen-bond acceptors (Lipinski definition) is 4. The van der Waals surface area contributed by atoms with Gasteiger partial charge < -0.3 is 5.11 Å². The molecule has 0 saturated carbocycles.